The van der Waals surface area contributed by atoms with E-state index in [1.165, 1.54) is 0 Å². The first-order chi connectivity index (χ1) is 14.3. The zero-order valence-corrected chi connectivity index (χ0v) is 16.4. The average molecular weight is 431 g/mol. The van der Waals surface area contributed by atoms with Crippen LogP contribution in [0.1, 0.15) is 10.4 Å². The van der Waals surface area contributed by atoms with Crippen molar-refractivity contribution in [2.24, 2.45) is 0 Å². The van der Waals surface area contributed by atoms with Crippen LogP contribution in [0.4, 0.5) is 22.7 Å². The molecule has 1 aliphatic rings. The van der Waals surface area contributed by atoms with E-state index < -0.39 is 27.1 Å². The van der Waals surface area contributed by atoms with Crippen LogP contribution in [0.5, 0.6) is 0 Å². The molecule has 1 saturated heterocycles. The Hall–Kier alpha value is -3.64. The second-order valence-electron chi connectivity index (χ2n) is 6.28. The van der Waals surface area contributed by atoms with E-state index in [1.54, 1.807) is 12.1 Å². The number of nitrogens with one attached hydrogen (secondary N) is 2. The topological polar surface area (TPSA) is 140 Å². The lowest BCUT2D eigenvalue weighted by atomic mass is 10.1. The summed E-state index contributed by atoms with van der Waals surface area (Å²) >= 11 is 5.19. The van der Waals surface area contributed by atoms with Gasteiger partial charge in [-0.25, -0.2) is 0 Å². The van der Waals surface area contributed by atoms with Gasteiger partial charge in [0.15, 0.2) is 5.11 Å². The summed E-state index contributed by atoms with van der Waals surface area (Å²) in [6, 6.07) is 10.1. The molecule has 2 N–H and O–H groups in total. The fraction of sp³-hybridized carbons (Fsp3) is 0.222. The van der Waals surface area contributed by atoms with Crippen LogP contribution in [0.3, 0.4) is 0 Å². The predicted octanol–water partition coefficient (Wildman–Crippen LogP) is 2.47. The van der Waals surface area contributed by atoms with E-state index in [9.17, 15) is 25.0 Å². The van der Waals surface area contributed by atoms with Gasteiger partial charge in [-0.3, -0.25) is 30.3 Å². The SMILES string of the molecule is O=C(NC(=S)Nc1ccccc1N1CCOCC1)c1cc([N+](=O)[O-])cc([N+](=O)[O-])c1. The van der Waals surface area contributed by atoms with Crippen molar-refractivity contribution < 1.29 is 19.4 Å². The van der Waals surface area contributed by atoms with Gasteiger partial charge in [0.2, 0.25) is 0 Å². The molecular weight excluding hydrogens is 414 g/mol. The van der Waals surface area contributed by atoms with Crippen molar-refractivity contribution in [2.75, 3.05) is 36.5 Å². The molecule has 0 radical (unpaired) electrons. The first kappa shape index (κ1) is 21.1. The minimum absolute atomic E-state index is 0.0464. The number of nitro benzene ring substituents is 2. The van der Waals surface area contributed by atoms with Crippen molar-refractivity contribution in [1.82, 2.24) is 5.32 Å². The molecule has 0 aliphatic carbocycles. The van der Waals surface area contributed by atoms with Crippen molar-refractivity contribution in [3.8, 4) is 0 Å². The standard InChI is InChI=1S/C18H17N5O6S/c24-17(12-9-13(22(25)26)11-14(10-12)23(27)28)20-18(30)19-15-3-1-2-4-16(15)21-5-7-29-8-6-21/h1-4,9-11H,5-8H2,(H2,19,20,24,30). The highest BCUT2D eigenvalue weighted by Gasteiger charge is 2.21. The minimum atomic E-state index is -0.807. The monoisotopic (exact) mass is 431 g/mol. The maximum Gasteiger partial charge on any atom is 0.277 e. The van der Waals surface area contributed by atoms with Crippen LogP contribution < -0.4 is 15.5 Å². The maximum absolute atomic E-state index is 12.5. The fourth-order valence-corrected chi connectivity index (χ4v) is 3.13. The van der Waals surface area contributed by atoms with Gasteiger partial charge in [0, 0.05) is 25.2 Å². The minimum Gasteiger partial charge on any atom is -0.378 e. The summed E-state index contributed by atoms with van der Waals surface area (Å²) in [7, 11) is 0. The summed E-state index contributed by atoms with van der Waals surface area (Å²) in [6.45, 7) is 2.60. The predicted molar refractivity (Wildman–Crippen MR) is 113 cm³/mol. The van der Waals surface area contributed by atoms with Gasteiger partial charge in [0.1, 0.15) is 0 Å². The van der Waals surface area contributed by atoms with Gasteiger partial charge in [0.05, 0.1) is 46.1 Å². The van der Waals surface area contributed by atoms with Gasteiger partial charge in [-0.05, 0) is 24.4 Å². The number of nitrogens with zero attached hydrogens (tertiary/aromatic N) is 3. The third-order valence-corrected chi connectivity index (χ3v) is 4.52. The van der Waals surface area contributed by atoms with Gasteiger partial charge in [-0.1, -0.05) is 12.1 Å². The lowest BCUT2D eigenvalue weighted by Gasteiger charge is -2.30. The van der Waals surface area contributed by atoms with Crippen molar-refractivity contribution in [3.05, 3.63) is 68.3 Å². The molecule has 30 heavy (non-hydrogen) atoms. The summed E-state index contributed by atoms with van der Waals surface area (Å²) in [5.41, 5.74) is 0.163. The van der Waals surface area contributed by atoms with Crippen LogP contribution in [0.2, 0.25) is 0 Å². The third-order valence-electron chi connectivity index (χ3n) is 4.32. The second-order valence-corrected chi connectivity index (χ2v) is 6.69. The molecule has 1 amide bonds. The smallest absolute Gasteiger partial charge is 0.277 e. The first-order valence-electron chi connectivity index (χ1n) is 8.83. The van der Waals surface area contributed by atoms with Crippen molar-refractivity contribution in [2.45, 2.75) is 0 Å². The molecule has 2 aromatic rings. The summed E-state index contributed by atoms with van der Waals surface area (Å²) in [6.07, 6.45) is 0. The van der Waals surface area contributed by atoms with E-state index >= 15 is 0 Å². The number of benzene rings is 2. The second kappa shape index (κ2) is 9.24. The highest BCUT2D eigenvalue weighted by molar-refractivity contribution is 7.80. The zero-order valence-electron chi connectivity index (χ0n) is 15.6. The Labute approximate surface area is 175 Å². The Morgan fingerprint density at radius 1 is 1.03 bits per heavy atom. The van der Waals surface area contributed by atoms with Gasteiger partial charge < -0.3 is 15.0 Å². The van der Waals surface area contributed by atoms with Gasteiger partial charge >= 0.3 is 0 Å². The van der Waals surface area contributed by atoms with Crippen molar-refractivity contribution in [3.63, 3.8) is 0 Å². The van der Waals surface area contributed by atoms with Crippen LogP contribution in [-0.4, -0.2) is 47.2 Å². The molecular formula is C18H17N5O6S. The Kier molecular flexibility index (Phi) is 6.49. The molecule has 0 unspecified atom stereocenters. The number of nitro groups is 2. The van der Waals surface area contributed by atoms with Crippen molar-refractivity contribution in [1.29, 1.82) is 0 Å². The normalized spacial score (nSPS) is 13.4. The zero-order chi connectivity index (χ0) is 21.7. The van der Waals surface area contributed by atoms with Gasteiger partial charge in [-0.15, -0.1) is 0 Å². The number of rotatable bonds is 5. The van der Waals surface area contributed by atoms with Crippen LogP contribution in [0.25, 0.3) is 0 Å². The van der Waals surface area contributed by atoms with E-state index in [-0.39, 0.29) is 10.7 Å². The Morgan fingerprint density at radius 2 is 1.63 bits per heavy atom. The fourth-order valence-electron chi connectivity index (χ4n) is 2.93. The maximum atomic E-state index is 12.5. The van der Waals surface area contributed by atoms with E-state index in [2.05, 4.69) is 15.5 Å². The molecule has 0 aromatic heterocycles. The molecule has 1 fully saturated rings. The van der Waals surface area contributed by atoms with Gasteiger partial charge in [0.25, 0.3) is 17.3 Å². The number of non-ortho nitro benzene ring substituents is 2. The molecule has 0 spiro atoms. The molecule has 1 aliphatic heterocycles. The Balaban J connectivity index is 1.75. The highest BCUT2D eigenvalue weighted by Crippen LogP contribution is 2.26. The molecule has 156 valence electrons. The number of carbonyl (C=O) groups excluding carboxylic acids is 1. The number of carbonyl (C=O) groups is 1. The lowest BCUT2D eigenvalue weighted by molar-refractivity contribution is -0.394. The Morgan fingerprint density at radius 3 is 2.23 bits per heavy atom. The first-order valence-corrected chi connectivity index (χ1v) is 9.24. The van der Waals surface area contributed by atoms with Crippen LogP contribution in [0.15, 0.2) is 42.5 Å². The largest absolute Gasteiger partial charge is 0.378 e. The highest BCUT2D eigenvalue weighted by atomic mass is 32.1. The number of hydrogen-bond donors (Lipinski definition) is 2. The lowest BCUT2D eigenvalue weighted by Crippen LogP contribution is -2.38. The van der Waals surface area contributed by atoms with Gasteiger partial charge in [-0.2, -0.15) is 0 Å². The van der Waals surface area contributed by atoms with Crippen molar-refractivity contribution >= 4 is 46.0 Å². The van der Waals surface area contributed by atoms with Crippen LogP contribution in [-0.2, 0) is 4.74 Å². The Bertz CT molecular complexity index is 976. The number of anilines is 2. The van der Waals surface area contributed by atoms with E-state index in [4.69, 9.17) is 17.0 Å². The molecule has 0 bridgehead atoms. The van der Waals surface area contributed by atoms with Crippen LogP contribution >= 0.6 is 12.2 Å². The quantitative estimate of drug-likeness (QED) is 0.415. The van der Waals surface area contributed by atoms with Crippen LogP contribution in [0, 0.1) is 20.2 Å². The molecule has 1 heterocycles. The summed E-state index contributed by atoms with van der Waals surface area (Å²) in [4.78, 5) is 35.0. The molecule has 0 saturated carbocycles. The summed E-state index contributed by atoms with van der Waals surface area (Å²) in [5, 5.41) is 27.3. The summed E-state index contributed by atoms with van der Waals surface area (Å²) < 4.78 is 5.36. The summed E-state index contributed by atoms with van der Waals surface area (Å²) in [5.74, 6) is -0.803. The molecule has 3 rings (SSSR count). The van der Waals surface area contributed by atoms with E-state index in [1.807, 2.05) is 12.1 Å². The number of para-hydroxylation sites is 2. The number of thiocarbonyl (C=S) groups is 1. The number of amides is 1. The third kappa shape index (κ3) is 5.04. The van der Waals surface area contributed by atoms with E-state index in [0.29, 0.717) is 32.0 Å². The molecule has 0 atom stereocenters. The van der Waals surface area contributed by atoms with E-state index in [0.717, 1.165) is 23.9 Å². The number of morpholine rings is 1. The molecule has 12 heteroatoms. The average Bonchev–Trinajstić information content (AvgIpc) is 2.74. The molecule has 11 nitrogen and oxygen atoms in total. The number of hydrogen-bond acceptors (Lipinski definition) is 8. The molecule has 2 aromatic carbocycles. The number of ether oxygens (including phenoxy) is 1.